The topological polar surface area (TPSA) is 29.9 Å². The molecule has 0 radical (unpaired) electrons. The van der Waals surface area contributed by atoms with E-state index >= 15 is 0 Å². The third-order valence-corrected chi connectivity index (χ3v) is 3.72. The zero-order chi connectivity index (χ0) is 12.2. The van der Waals surface area contributed by atoms with Crippen LogP contribution in [0, 0.1) is 5.92 Å². The fourth-order valence-corrected chi connectivity index (χ4v) is 2.64. The molecule has 0 spiro atoms. The Morgan fingerprint density at radius 1 is 1.17 bits per heavy atom. The normalized spacial score (nSPS) is 16.9. The molecule has 1 saturated heterocycles. The maximum absolute atomic E-state index is 4.07. The van der Waals surface area contributed by atoms with Gasteiger partial charge in [-0.1, -0.05) is 12.1 Å². The second kappa shape index (κ2) is 5.36. The Kier molecular flexibility index (Phi) is 3.42. The number of benzene rings is 1. The van der Waals surface area contributed by atoms with Crippen LogP contribution in [0.25, 0.3) is 5.69 Å². The Bertz CT molecular complexity index is 467. The van der Waals surface area contributed by atoms with Crippen LogP contribution in [0.15, 0.2) is 43.0 Å². The highest BCUT2D eigenvalue weighted by atomic mass is 15.0. The molecule has 3 heteroatoms. The highest BCUT2D eigenvalue weighted by Crippen LogP contribution is 2.19. The van der Waals surface area contributed by atoms with Crippen LogP contribution in [0.2, 0.25) is 0 Å². The molecule has 3 nitrogen and oxygen atoms in total. The lowest BCUT2D eigenvalue weighted by Gasteiger charge is -2.22. The summed E-state index contributed by atoms with van der Waals surface area (Å²) in [4.78, 5) is 4.07. The second-order valence-corrected chi connectivity index (χ2v) is 5.03. The monoisotopic (exact) mass is 241 g/mol. The lowest BCUT2D eigenvalue weighted by atomic mass is 9.91. The molecule has 2 aromatic rings. The molecule has 1 aliphatic rings. The summed E-state index contributed by atoms with van der Waals surface area (Å²) in [5, 5.41) is 3.42. The Balaban J connectivity index is 1.67. The summed E-state index contributed by atoms with van der Waals surface area (Å²) in [7, 11) is 0. The molecule has 0 unspecified atom stereocenters. The van der Waals surface area contributed by atoms with Gasteiger partial charge in [0.05, 0.1) is 6.33 Å². The number of rotatable bonds is 3. The smallest absolute Gasteiger partial charge is 0.0991 e. The van der Waals surface area contributed by atoms with Crippen LogP contribution in [-0.2, 0) is 6.42 Å². The quantitative estimate of drug-likeness (QED) is 0.894. The molecular formula is C15H19N3. The van der Waals surface area contributed by atoms with Gasteiger partial charge in [0.1, 0.15) is 0 Å². The van der Waals surface area contributed by atoms with E-state index in [2.05, 4.69) is 34.6 Å². The lowest BCUT2D eigenvalue weighted by Crippen LogP contribution is -2.28. The van der Waals surface area contributed by atoms with Gasteiger partial charge in [-0.3, -0.25) is 0 Å². The number of nitrogens with one attached hydrogen (secondary N) is 1. The highest BCUT2D eigenvalue weighted by Gasteiger charge is 2.13. The van der Waals surface area contributed by atoms with Crippen LogP contribution in [0.1, 0.15) is 18.4 Å². The average molecular weight is 241 g/mol. The van der Waals surface area contributed by atoms with Gasteiger partial charge in [-0.25, -0.2) is 4.98 Å². The summed E-state index contributed by atoms with van der Waals surface area (Å²) < 4.78 is 2.04. The number of aromatic nitrogens is 2. The number of hydrogen-bond donors (Lipinski definition) is 1. The van der Waals surface area contributed by atoms with Gasteiger partial charge in [0.25, 0.3) is 0 Å². The zero-order valence-corrected chi connectivity index (χ0v) is 10.5. The van der Waals surface area contributed by atoms with Crippen molar-refractivity contribution in [3.05, 3.63) is 48.5 Å². The molecule has 1 aromatic carbocycles. The van der Waals surface area contributed by atoms with Crippen molar-refractivity contribution in [3.8, 4) is 5.69 Å². The van der Waals surface area contributed by atoms with Gasteiger partial charge < -0.3 is 9.88 Å². The van der Waals surface area contributed by atoms with Crippen molar-refractivity contribution in [2.45, 2.75) is 19.3 Å². The summed E-state index contributed by atoms with van der Waals surface area (Å²) in [6.45, 7) is 2.36. The zero-order valence-electron chi connectivity index (χ0n) is 10.5. The molecule has 0 amide bonds. The van der Waals surface area contributed by atoms with Gasteiger partial charge in [-0.05, 0) is 56.0 Å². The first-order valence-corrected chi connectivity index (χ1v) is 6.70. The Hall–Kier alpha value is -1.61. The predicted molar refractivity (Wildman–Crippen MR) is 72.9 cm³/mol. The lowest BCUT2D eigenvalue weighted by molar-refractivity contribution is 0.372. The number of hydrogen-bond acceptors (Lipinski definition) is 2. The maximum Gasteiger partial charge on any atom is 0.0991 e. The van der Waals surface area contributed by atoms with E-state index in [1.54, 1.807) is 0 Å². The molecule has 1 aromatic heterocycles. The van der Waals surface area contributed by atoms with Crippen LogP contribution in [-0.4, -0.2) is 22.6 Å². The summed E-state index contributed by atoms with van der Waals surface area (Å²) in [6, 6.07) is 8.85. The summed E-state index contributed by atoms with van der Waals surface area (Å²) >= 11 is 0. The molecule has 3 rings (SSSR count). The number of piperidine rings is 1. The molecule has 0 saturated carbocycles. The van der Waals surface area contributed by atoms with Gasteiger partial charge in [0.2, 0.25) is 0 Å². The molecule has 0 atom stereocenters. The molecule has 18 heavy (non-hydrogen) atoms. The second-order valence-electron chi connectivity index (χ2n) is 5.03. The van der Waals surface area contributed by atoms with Crippen molar-refractivity contribution in [2.75, 3.05) is 13.1 Å². The summed E-state index contributed by atoms with van der Waals surface area (Å²) in [5.41, 5.74) is 2.63. The molecule has 2 heterocycles. The van der Waals surface area contributed by atoms with Crippen molar-refractivity contribution in [3.63, 3.8) is 0 Å². The van der Waals surface area contributed by atoms with Gasteiger partial charge in [-0.15, -0.1) is 0 Å². The van der Waals surface area contributed by atoms with Crippen LogP contribution >= 0.6 is 0 Å². The van der Waals surface area contributed by atoms with E-state index in [1.165, 1.54) is 43.6 Å². The van der Waals surface area contributed by atoms with E-state index in [1.807, 2.05) is 23.3 Å². The fraction of sp³-hybridized carbons (Fsp3) is 0.400. The first-order valence-electron chi connectivity index (χ1n) is 6.70. The molecule has 1 aliphatic heterocycles. The molecule has 94 valence electrons. The molecule has 1 N–H and O–H groups in total. The van der Waals surface area contributed by atoms with Crippen molar-refractivity contribution in [1.29, 1.82) is 0 Å². The summed E-state index contributed by atoms with van der Waals surface area (Å²) in [5.74, 6) is 0.852. The Morgan fingerprint density at radius 2 is 1.94 bits per heavy atom. The van der Waals surface area contributed by atoms with E-state index in [-0.39, 0.29) is 0 Å². The van der Waals surface area contributed by atoms with E-state index in [9.17, 15) is 0 Å². The number of imidazole rings is 1. The van der Waals surface area contributed by atoms with Gasteiger partial charge in [0.15, 0.2) is 0 Å². The van der Waals surface area contributed by atoms with Gasteiger partial charge >= 0.3 is 0 Å². The van der Waals surface area contributed by atoms with Crippen molar-refractivity contribution in [2.24, 2.45) is 5.92 Å². The van der Waals surface area contributed by atoms with Crippen LogP contribution in [0.3, 0.4) is 0 Å². The number of nitrogens with zero attached hydrogens (tertiary/aromatic N) is 2. The van der Waals surface area contributed by atoms with E-state index in [0.717, 1.165) is 5.92 Å². The molecule has 0 aliphatic carbocycles. The first kappa shape index (κ1) is 11.5. The van der Waals surface area contributed by atoms with Crippen LogP contribution < -0.4 is 5.32 Å². The Morgan fingerprint density at radius 3 is 2.61 bits per heavy atom. The largest absolute Gasteiger partial charge is 0.317 e. The van der Waals surface area contributed by atoms with Crippen LogP contribution in [0.4, 0.5) is 0 Å². The van der Waals surface area contributed by atoms with E-state index < -0.39 is 0 Å². The minimum atomic E-state index is 0.852. The van der Waals surface area contributed by atoms with Crippen LogP contribution in [0.5, 0.6) is 0 Å². The standard InChI is InChI=1S/C15H19N3/c1-3-15(18-10-9-17-12-18)4-2-13(1)11-14-5-7-16-8-6-14/h1-4,9-10,12,14,16H,5-8,11H2. The Labute approximate surface area is 108 Å². The molecule has 1 fully saturated rings. The SMILES string of the molecule is c1cn(-c2ccc(CC3CCNCC3)cc2)cn1. The van der Waals surface area contributed by atoms with Crippen molar-refractivity contribution < 1.29 is 0 Å². The van der Waals surface area contributed by atoms with E-state index in [4.69, 9.17) is 0 Å². The molecular weight excluding hydrogens is 222 g/mol. The highest BCUT2D eigenvalue weighted by molar-refractivity contribution is 5.34. The summed E-state index contributed by atoms with van der Waals surface area (Å²) in [6.07, 6.45) is 9.45. The fourth-order valence-electron chi connectivity index (χ4n) is 2.64. The predicted octanol–water partition coefficient (Wildman–Crippen LogP) is 2.41. The first-order chi connectivity index (χ1) is 8.92. The average Bonchev–Trinajstić information content (AvgIpc) is 2.95. The van der Waals surface area contributed by atoms with Gasteiger partial charge in [-0.2, -0.15) is 0 Å². The minimum Gasteiger partial charge on any atom is -0.317 e. The third kappa shape index (κ3) is 2.62. The van der Waals surface area contributed by atoms with Crippen molar-refractivity contribution >= 4 is 0 Å². The van der Waals surface area contributed by atoms with E-state index in [0.29, 0.717) is 0 Å². The maximum atomic E-state index is 4.07. The third-order valence-electron chi connectivity index (χ3n) is 3.72. The van der Waals surface area contributed by atoms with Crippen molar-refractivity contribution in [1.82, 2.24) is 14.9 Å². The minimum absolute atomic E-state index is 0.852. The van der Waals surface area contributed by atoms with Gasteiger partial charge in [0, 0.05) is 18.1 Å². The molecule has 0 bridgehead atoms.